The molecule has 2 saturated heterocycles. The van der Waals surface area contributed by atoms with E-state index in [9.17, 15) is 0 Å². The molecule has 2 rings (SSSR count). The van der Waals surface area contributed by atoms with Gasteiger partial charge in [0.05, 0.1) is 6.10 Å². The molecule has 2 atom stereocenters. The average Bonchev–Trinajstić information content (AvgIpc) is 2.32. The molecule has 5 heteroatoms. The quantitative estimate of drug-likeness (QED) is 0.707. The van der Waals surface area contributed by atoms with Crippen LogP contribution in [0.4, 0.5) is 0 Å². The molecule has 2 aliphatic heterocycles. The Morgan fingerprint density at radius 3 is 2.65 bits per heavy atom. The molecule has 2 unspecified atom stereocenters. The number of likely N-dealkylation sites (N-methyl/N-ethyl adjacent to an activating group) is 1. The lowest BCUT2D eigenvalue weighted by Crippen LogP contribution is -2.64. The summed E-state index contributed by atoms with van der Waals surface area (Å²) >= 11 is 0. The highest BCUT2D eigenvalue weighted by atomic mass is 16.5. The molecule has 0 bridgehead atoms. The molecule has 3 N–H and O–H groups in total. The lowest BCUT2D eigenvalue weighted by atomic mass is 9.88. The predicted octanol–water partition coefficient (Wildman–Crippen LogP) is -0.365. The lowest BCUT2D eigenvalue weighted by molar-refractivity contribution is -0.0489. The molecule has 2 aliphatic rings. The Morgan fingerprint density at radius 1 is 1.35 bits per heavy atom. The summed E-state index contributed by atoms with van der Waals surface area (Å²) in [4.78, 5) is 2.36. The largest absolute Gasteiger partial charge is 0.378 e. The van der Waals surface area contributed by atoms with Crippen LogP contribution in [0.15, 0.2) is 0 Å². The molecule has 0 aromatic carbocycles. The van der Waals surface area contributed by atoms with E-state index >= 15 is 0 Å². The molecule has 0 amide bonds. The standard InChI is InChI=1S/C12H26N4O/c1-11-9-12(10-13,3-8-17-11)14-16-6-4-15(2)5-7-16/h11,14H,3-10,13H2,1-2H3. The summed E-state index contributed by atoms with van der Waals surface area (Å²) in [6.07, 6.45) is 2.34. The summed E-state index contributed by atoms with van der Waals surface area (Å²) in [5, 5.41) is 2.34. The summed E-state index contributed by atoms with van der Waals surface area (Å²) in [5.74, 6) is 0. The Bertz CT molecular complexity index is 243. The van der Waals surface area contributed by atoms with Gasteiger partial charge in [-0.2, -0.15) is 0 Å². The van der Waals surface area contributed by atoms with Crippen LogP contribution in [0, 0.1) is 0 Å². The Labute approximate surface area is 104 Å². The topological polar surface area (TPSA) is 53.8 Å². The monoisotopic (exact) mass is 242 g/mol. The summed E-state index contributed by atoms with van der Waals surface area (Å²) < 4.78 is 5.62. The van der Waals surface area contributed by atoms with Crippen molar-refractivity contribution in [3.05, 3.63) is 0 Å². The maximum atomic E-state index is 5.99. The van der Waals surface area contributed by atoms with E-state index < -0.39 is 0 Å². The predicted molar refractivity (Wildman–Crippen MR) is 68.6 cm³/mol. The Hall–Kier alpha value is -0.200. The zero-order chi connectivity index (χ0) is 12.3. The van der Waals surface area contributed by atoms with E-state index in [2.05, 4.69) is 29.3 Å². The molecule has 0 saturated carbocycles. The molecular formula is C12H26N4O. The minimum Gasteiger partial charge on any atom is -0.378 e. The second-order valence-corrected chi connectivity index (χ2v) is 5.52. The maximum absolute atomic E-state index is 5.99. The molecular weight excluding hydrogens is 216 g/mol. The van der Waals surface area contributed by atoms with Crippen LogP contribution in [0.2, 0.25) is 0 Å². The molecule has 0 radical (unpaired) electrons. The van der Waals surface area contributed by atoms with Crippen molar-refractivity contribution in [3.8, 4) is 0 Å². The molecule has 17 heavy (non-hydrogen) atoms. The Balaban J connectivity index is 1.90. The lowest BCUT2D eigenvalue weighted by Gasteiger charge is -2.45. The first-order valence-electron chi connectivity index (χ1n) is 6.66. The Morgan fingerprint density at radius 2 is 2.06 bits per heavy atom. The van der Waals surface area contributed by atoms with E-state index in [1.54, 1.807) is 0 Å². The maximum Gasteiger partial charge on any atom is 0.0565 e. The molecule has 0 aliphatic carbocycles. The van der Waals surface area contributed by atoms with E-state index in [4.69, 9.17) is 10.5 Å². The fraction of sp³-hybridized carbons (Fsp3) is 1.00. The van der Waals surface area contributed by atoms with Gasteiger partial charge in [0.2, 0.25) is 0 Å². The van der Waals surface area contributed by atoms with Crippen molar-refractivity contribution in [2.45, 2.75) is 31.4 Å². The van der Waals surface area contributed by atoms with Crippen LogP contribution in [0.3, 0.4) is 0 Å². The van der Waals surface area contributed by atoms with Crippen molar-refractivity contribution >= 4 is 0 Å². The summed E-state index contributed by atoms with van der Waals surface area (Å²) in [7, 11) is 2.17. The van der Waals surface area contributed by atoms with Gasteiger partial charge in [-0.1, -0.05) is 0 Å². The van der Waals surface area contributed by atoms with E-state index in [-0.39, 0.29) is 5.54 Å². The first-order valence-corrected chi connectivity index (χ1v) is 6.66. The minimum atomic E-state index is 0.0492. The van der Waals surface area contributed by atoms with Crippen molar-refractivity contribution < 1.29 is 4.74 Å². The smallest absolute Gasteiger partial charge is 0.0565 e. The number of nitrogens with one attached hydrogen (secondary N) is 1. The SMILES string of the molecule is CC1CC(CN)(NN2CCN(C)CC2)CCO1. The van der Waals surface area contributed by atoms with Crippen molar-refractivity contribution in [1.29, 1.82) is 0 Å². The number of hydrazine groups is 1. The summed E-state index contributed by atoms with van der Waals surface area (Å²) in [6.45, 7) is 8.04. The third kappa shape index (κ3) is 3.39. The van der Waals surface area contributed by atoms with Crippen molar-refractivity contribution in [2.75, 3.05) is 46.4 Å². The molecule has 0 spiro atoms. The third-order valence-corrected chi connectivity index (χ3v) is 3.95. The second kappa shape index (κ2) is 5.63. The van der Waals surface area contributed by atoms with Crippen LogP contribution in [0.5, 0.6) is 0 Å². The molecule has 2 heterocycles. The number of hydrogen-bond donors (Lipinski definition) is 2. The van der Waals surface area contributed by atoms with Crippen molar-refractivity contribution in [2.24, 2.45) is 5.73 Å². The van der Waals surface area contributed by atoms with Gasteiger partial charge in [0.1, 0.15) is 0 Å². The van der Waals surface area contributed by atoms with Crippen LogP contribution in [0.1, 0.15) is 19.8 Å². The van der Waals surface area contributed by atoms with Crippen molar-refractivity contribution in [3.63, 3.8) is 0 Å². The zero-order valence-electron chi connectivity index (χ0n) is 11.1. The van der Waals surface area contributed by atoms with E-state index in [1.165, 1.54) is 0 Å². The highest BCUT2D eigenvalue weighted by molar-refractivity contribution is 4.93. The first kappa shape index (κ1) is 13.2. The molecule has 0 aromatic heterocycles. The zero-order valence-corrected chi connectivity index (χ0v) is 11.1. The van der Waals surface area contributed by atoms with E-state index in [1.807, 2.05) is 0 Å². The number of hydrogen-bond acceptors (Lipinski definition) is 5. The van der Waals surface area contributed by atoms with Gasteiger partial charge in [0.25, 0.3) is 0 Å². The number of ether oxygens (including phenoxy) is 1. The summed E-state index contributed by atoms with van der Waals surface area (Å²) in [6, 6.07) is 0. The third-order valence-electron chi connectivity index (χ3n) is 3.95. The van der Waals surface area contributed by atoms with Crippen LogP contribution in [0.25, 0.3) is 0 Å². The van der Waals surface area contributed by atoms with Crippen LogP contribution in [-0.4, -0.2) is 67.9 Å². The van der Waals surface area contributed by atoms with Gasteiger partial charge >= 0.3 is 0 Å². The van der Waals surface area contributed by atoms with Gasteiger partial charge in [-0.05, 0) is 26.8 Å². The number of piperazine rings is 1. The van der Waals surface area contributed by atoms with Gasteiger partial charge in [0.15, 0.2) is 0 Å². The highest BCUT2D eigenvalue weighted by Gasteiger charge is 2.36. The molecule has 0 aromatic rings. The van der Waals surface area contributed by atoms with Gasteiger partial charge in [-0.3, -0.25) is 0 Å². The van der Waals surface area contributed by atoms with Gasteiger partial charge < -0.3 is 15.4 Å². The molecule has 5 nitrogen and oxygen atoms in total. The number of nitrogens with two attached hydrogens (primary N) is 1. The summed E-state index contributed by atoms with van der Waals surface area (Å²) in [5.41, 5.74) is 9.71. The van der Waals surface area contributed by atoms with E-state index in [0.717, 1.165) is 45.6 Å². The van der Waals surface area contributed by atoms with Crippen molar-refractivity contribution in [1.82, 2.24) is 15.3 Å². The first-order chi connectivity index (χ1) is 8.13. The van der Waals surface area contributed by atoms with Crippen LogP contribution in [-0.2, 0) is 4.74 Å². The van der Waals surface area contributed by atoms with Gasteiger partial charge in [-0.15, -0.1) is 0 Å². The fourth-order valence-corrected chi connectivity index (χ4v) is 2.75. The van der Waals surface area contributed by atoms with E-state index in [0.29, 0.717) is 12.6 Å². The minimum absolute atomic E-state index is 0.0492. The molecule has 100 valence electrons. The Kier molecular flexibility index (Phi) is 4.38. The number of rotatable bonds is 3. The highest BCUT2D eigenvalue weighted by Crippen LogP contribution is 2.24. The fourth-order valence-electron chi connectivity index (χ4n) is 2.75. The normalized spacial score (nSPS) is 37.2. The van der Waals surface area contributed by atoms with Crippen LogP contribution >= 0.6 is 0 Å². The van der Waals surface area contributed by atoms with Crippen LogP contribution < -0.4 is 11.2 Å². The number of nitrogens with zero attached hydrogens (tertiary/aromatic N) is 2. The second-order valence-electron chi connectivity index (χ2n) is 5.52. The average molecular weight is 242 g/mol. The van der Waals surface area contributed by atoms with Gasteiger partial charge in [-0.25, -0.2) is 10.4 Å². The van der Waals surface area contributed by atoms with Gasteiger partial charge in [0, 0.05) is 44.9 Å². The molecule has 2 fully saturated rings.